The van der Waals surface area contributed by atoms with E-state index in [0.717, 1.165) is 6.07 Å². The third-order valence-corrected chi connectivity index (χ3v) is 3.70. The van der Waals surface area contributed by atoms with Crippen LogP contribution in [0.25, 0.3) is 0 Å². The zero-order valence-corrected chi connectivity index (χ0v) is 10.9. The van der Waals surface area contributed by atoms with E-state index >= 15 is 0 Å². The van der Waals surface area contributed by atoms with Gasteiger partial charge in [-0.1, -0.05) is 0 Å². The summed E-state index contributed by atoms with van der Waals surface area (Å²) in [5.74, 6) is -1.43. The van der Waals surface area contributed by atoms with Crippen LogP contribution < -0.4 is 4.90 Å². The third-order valence-electron chi connectivity index (χ3n) is 3.70. The number of alkyl halides is 3. The van der Waals surface area contributed by atoms with Gasteiger partial charge in [-0.05, 0) is 38.3 Å². The number of hydrogen-bond donors (Lipinski definition) is 1. The Morgan fingerprint density at radius 2 is 2.15 bits per heavy atom. The van der Waals surface area contributed by atoms with Gasteiger partial charge in [-0.15, -0.1) is 0 Å². The van der Waals surface area contributed by atoms with E-state index in [1.54, 1.807) is 0 Å². The van der Waals surface area contributed by atoms with E-state index in [0.29, 0.717) is 19.3 Å². The minimum absolute atomic E-state index is 0.253. The average molecular weight is 288 g/mol. The fourth-order valence-electron chi connectivity index (χ4n) is 2.52. The molecule has 1 fully saturated rings. The number of carboxylic acid groups (broad SMARTS) is 1. The molecule has 1 aromatic heterocycles. The molecule has 1 aromatic rings. The van der Waals surface area contributed by atoms with E-state index in [1.807, 2.05) is 0 Å². The smallest absolute Gasteiger partial charge is 0.419 e. The Labute approximate surface area is 114 Å². The molecule has 20 heavy (non-hydrogen) atoms. The average Bonchev–Trinajstić information content (AvgIpc) is 2.38. The molecule has 0 amide bonds. The van der Waals surface area contributed by atoms with Crippen molar-refractivity contribution in [1.29, 1.82) is 0 Å². The van der Waals surface area contributed by atoms with Crippen LogP contribution in [0.15, 0.2) is 18.3 Å². The summed E-state index contributed by atoms with van der Waals surface area (Å²) in [5.41, 5.74) is -2.25. The van der Waals surface area contributed by atoms with Gasteiger partial charge in [0.05, 0.1) is 5.56 Å². The molecule has 1 aliphatic heterocycles. The lowest BCUT2D eigenvalue weighted by Crippen LogP contribution is -2.56. The molecule has 4 nitrogen and oxygen atoms in total. The number of carbonyl (C=O) groups is 1. The predicted molar refractivity (Wildman–Crippen MR) is 66.5 cm³/mol. The summed E-state index contributed by atoms with van der Waals surface area (Å²) in [6, 6.07) is 2.13. The van der Waals surface area contributed by atoms with E-state index in [4.69, 9.17) is 0 Å². The molecule has 1 N–H and O–H groups in total. The number of carboxylic acids is 1. The topological polar surface area (TPSA) is 53.4 Å². The van der Waals surface area contributed by atoms with Gasteiger partial charge in [0.2, 0.25) is 0 Å². The summed E-state index contributed by atoms with van der Waals surface area (Å²) >= 11 is 0. The molecule has 2 rings (SSSR count). The molecular formula is C13H15F3N2O2. The lowest BCUT2D eigenvalue weighted by Gasteiger charge is -2.43. The molecule has 0 spiro atoms. The highest BCUT2D eigenvalue weighted by Crippen LogP contribution is 2.40. The number of piperidine rings is 1. The van der Waals surface area contributed by atoms with Gasteiger partial charge in [-0.3, -0.25) is 0 Å². The molecule has 110 valence electrons. The summed E-state index contributed by atoms with van der Waals surface area (Å²) in [5, 5.41) is 9.37. The normalized spacial score (nSPS) is 23.7. The molecule has 0 radical (unpaired) electrons. The number of halogens is 3. The first-order chi connectivity index (χ1) is 9.27. The largest absolute Gasteiger partial charge is 0.480 e. The first kappa shape index (κ1) is 14.6. The Kier molecular flexibility index (Phi) is 3.62. The van der Waals surface area contributed by atoms with Crippen molar-refractivity contribution in [3.8, 4) is 0 Å². The van der Waals surface area contributed by atoms with Gasteiger partial charge < -0.3 is 10.0 Å². The molecule has 1 saturated heterocycles. The van der Waals surface area contributed by atoms with E-state index < -0.39 is 23.2 Å². The molecule has 0 aromatic carbocycles. The second-order valence-electron chi connectivity index (χ2n) is 5.06. The van der Waals surface area contributed by atoms with Crippen molar-refractivity contribution < 1.29 is 23.1 Å². The number of pyridine rings is 1. The van der Waals surface area contributed by atoms with Gasteiger partial charge in [-0.2, -0.15) is 13.2 Å². The molecule has 1 unspecified atom stereocenters. The number of rotatable bonds is 2. The van der Waals surface area contributed by atoms with Gasteiger partial charge in [0, 0.05) is 12.7 Å². The van der Waals surface area contributed by atoms with Gasteiger partial charge in [-0.25, -0.2) is 9.78 Å². The second-order valence-corrected chi connectivity index (χ2v) is 5.06. The zero-order chi connectivity index (χ0) is 15.0. The molecule has 0 aliphatic carbocycles. The zero-order valence-electron chi connectivity index (χ0n) is 10.9. The highest BCUT2D eigenvalue weighted by atomic mass is 19.4. The summed E-state index contributed by atoms with van der Waals surface area (Å²) in [4.78, 5) is 16.5. The van der Waals surface area contributed by atoms with Gasteiger partial charge in [0.25, 0.3) is 0 Å². The summed E-state index contributed by atoms with van der Waals surface area (Å²) in [6.07, 6.45) is -1.68. The van der Waals surface area contributed by atoms with Crippen LogP contribution in [0, 0.1) is 0 Å². The number of aromatic nitrogens is 1. The van der Waals surface area contributed by atoms with Crippen LogP contribution in [0.4, 0.5) is 19.0 Å². The van der Waals surface area contributed by atoms with Crippen LogP contribution >= 0.6 is 0 Å². The number of aliphatic carboxylic acids is 1. The number of hydrogen-bond acceptors (Lipinski definition) is 3. The lowest BCUT2D eigenvalue weighted by atomic mass is 9.88. The lowest BCUT2D eigenvalue weighted by molar-refractivity contribution is -0.144. The van der Waals surface area contributed by atoms with Crippen LogP contribution in [0.2, 0.25) is 0 Å². The molecule has 2 heterocycles. The Morgan fingerprint density at radius 3 is 2.75 bits per heavy atom. The Balaban J connectivity index is 2.52. The number of anilines is 1. The maximum absolute atomic E-state index is 13.0. The molecule has 1 aliphatic rings. The van der Waals surface area contributed by atoms with E-state index in [9.17, 15) is 23.1 Å². The standard InChI is InChI=1S/C13H15F3N2O2/c1-12(11(19)20)6-2-3-8-18(12)10-9(13(14,15)16)5-4-7-17-10/h4-5,7H,2-3,6,8H2,1H3,(H,19,20). The predicted octanol–water partition coefficient (Wildman–Crippen LogP) is 2.93. The molecule has 0 saturated carbocycles. The van der Waals surface area contributed by atoms with Crippen LogP contribution in [0.5, 0.6) is 0 Å². The summed E-state index contributed by atoms with van der Waals surface area (Å²) in [6.45, 7) is 1.70. The second kappa shape index (κ2) is 4.96. The SMILES string of the molecule is CC1(C(=O)O)CCCCN1c1ncccc1C(F)(F)F. The van der Waals surface area contributed by atoms with Gasteiger partial charge in [0.15, 0.2) is 0 Å². The number of nitrogens with zero attached hydrogens (tertiary/aromatic N) is 2. The molecule has 0 bridgehead atoms. The molecule has 1 atom stereocenters. The van der Waals surface area contributed by atoms with Crippen molar-refractivity contribution in [2.24, 2.45) is 0 Å². The Bertz CT molecular complexity index is 519. The van der Waals surface area contributed by atoms with Crippen molar-refractivity contribution in [2.75, 3.05) is 11.4 Å². The third kappa shape index (κ3) is 2.44. The summed E-state index contributed by atoms with van der Waals surface area (Å²) in [7, 11) is 0. The van der Waals surface area contributed by atoms with Crippen molar-refractivity contribution in [2.45, 2.75) is 37.9 Å². The monoisotopic (exact) mass is 288 g/mol. The Morgan fingerprint density at radius 1 is 1.45 bits per heavy atom. The van der Waals surface area contributed by atoms with Gasteiger partial charge in [0.1, 0.15) is 11.4 Å². The highest BCUT2D eigenvalue weighted by molar-refractivity contribution is 5.83. The minimum Gasteiger partial charge on any atom is -0.480 e. The summed E-state index contributed by atoms with van der Waals surface area (Å²) < 4.78 is 39.1. The van der Waals surface area contributed by atoms with Crippen molar-refractivity contribution in [3.63, 3.8) is 0 Å². The van der Waals surface area contributed by atoms with Crippen LogP contribution in [-0.2, 0) is 11.0 Å². The Hall–Kier alpha value is -1.79. The first-order valence-electron chi connectivity index (χ1n) is 6.30. The van der Waals surface area contributed by atoms with E-state index in [1.165, 1.54) is 24.1 Å². The fraction of sp³-hybridized carbons (Fsp3) is 0.538. The van der Waals surface area contributed by atoms with E-state index in [2.05, 4.69) is 4.98 Å². The maximum Gasteiger partial charge on any atom is 0.419 e. The van der Waals surface area contributed by atoms with Crippen molar-refractivity contribution in [1.82, 2.24) is 4.98 Å². The van der Waals surface area contributed by atoms with Crippen molar-refractivity contribution in [3.05, 3.63) is 23.9 Å². The van der Waals surface area contributed by atoms with Crippen LogP contribution in [-0.4, -0.2) is 28.1 Å². The van der Waals surface area contributed by atoms with Crippen LogP contribution in [0.1, 0.15) is 31.7 Å². The van der Waals surface area contributed by atoms with E-state index in [-0.39, 0.29) is 12.4 Å². The van der Waals surface area contributed by atoms with Crippen molar-refractivity contribution >= 4 is 11.8 Å². The molecular weight excluding hydrogens is 273 g/mol. The highest BCUT2D eigenvalue weighted by Gasteiger charge is 2.45. The maximum atomic E-state index is 13.0. The molecule has 7 heteroatoms. The minimum atomic E-state index is -4.56. The fourth-order valence-corrected chi connectivity index (χ4v) is 2.52. The first-order valence-corrected chi connectivity index (χ1v) is 6.30. The van der Waals surface area contributed by atoms with Gasteiger partial charge >= 0.3 is 12.1 Å². The quantitative estimate of drug-likeness (QED) is 0.909. The van der Waals surface area contributed by atoms with Crippen LogP contribution in [0.3, 0.4) is 0 Å².